The van der Waals surface area contributed by atoms with Gasteiger partial charge in [-0.05, 0) is 60.8 Å². The molecular weight excluding hydrogens is 630 g/mol. The Bertz CT molecular complexity index is 1670. The third-order valence-electron chi connectivity index (χ3n) is 8.22. The summed E-state index contributed by atoms with van der Waals surface area (Å²) < 4.78 is 43.4. The standard InChI is InChI=1S/C33H36F2N6O7/c1-46-18-26-28(31(43)47-2)29(19-9-10-22(34)23(35)16-19)41(33(45)40-26)32(44)38-14-13-36-20-11-12-37-25(17-20)21-6-3-4-7-24(21)39-30(42)27-8-5-15-48-27/h3-10,15-16,20,25,28-29,36-37H,11-14,17-18H2,1-2H3,(H,38,44)(H,39,42)/t20?,25?,28?,29-/m0/s1. The van der Waals surface area contributed by atoms with Gasteiger partial charge in [-0.3, -0.25) is 9.59 Å². The van der Waals surface area contributed by atoms with E-state index in [0.717, 1.165) is 31.2 Å². The Hall–Kier alpha value is -4.99. The number of carbonyl (C=O) groups is 4. The lowest BCUT2D eigenvalue weighted by atomic mass is 9.86. The van der Waals surface area contributed by atoms with Gasteiger partial charge in [-0.1, -0.05) is 24.3 Å². The number of anilines is 1. The van der Waals surface area contributed by atoms with Crippen LogP contribution in [0.4, 0.5) is 24.1 Å². The molecule has 0 bridgehead atoms. The van der Waals surface area contributed by atoms with Gasteiger partial charge in [0.15, 0.2) is 17.4 Å². The fraction of sp³-hybridized carbons (Fsp3) is 0.364. The Morgan fingerprint density at radius 3 is 2.60 bits per heavy atom. The first-order chi connectivity index (χ1) is 23.2. The molecule has 0 spiro atoms. The van der Waals surface area contributed by atoms with Crippen molar-refractivity contribution < 1.29 is 41.8 Å². The lowest BCUT2D eigenvalue weighted by Gasteiger charge is -2.37. The average molecular weight is 667 g/mol. The van der Waals surface area contributed by atoms with Crippen molar-refractivity contribution >= 4 is 35.3 Å². The third-order valence-corrected chi connectivity index (χ3v) is 8.22. The molecule has 2 aliphatic heterocycles. The highest BCUT2D eigenvalue weighted by Gasteiger charge is 2.47. The summed E-state index contributed by atoms with van der Waals surface area (Å²) in [5.41, 5.74) is 1.55. The van der Waals surface area contributed by atoms with Crippen LogP contribution in [-0.2, 0) is 14.3 Å². The first-order valence-corrected chi connectivity index (χ1v) is 15.3. The van der Waals surface area contributed by atoms with E-state index < -0.39 is 41.6 Å². The summed E-state index contributed by atoms with van der Waals surface area (Å²) in [6.07, 6.45) is 2.91. The minimum absolute atomic E-state index is 0.00388. The van der Waals surface area contributed by atoms with Crippen molar-refractivity contribution in [2.45, 2.75) is 31.0 Å². The number of piperidine rings is 1. The van der Waals surface area contributed by atoms with Gasteiger partial charge < -0.3 is 35.2 Å². The zero-order chi connectivity index (χ0) is 34.2. The second-order valence-corrected chi connectivity index (χ2v) is 11.2. The van der Waals surface area contributed by atoms with Crippen molar-refractivity contribution in [1.82, 2.24) is 20.9 Å². The molecular formula is C33H36F2N6O7. The third kappa shape index (κ3) is 7.75. The lowest BCUT2D eigenvalue weighted by molar-refractivity contribution is -0.144. The molecule has 48 heavy (non-hydrogen) atoms. The number of urea groups is 2. The molecule has 254 valence electrons. The number of halogens is 2. The summed E-state index contributed by atoms with van der Waals surface area (Å²) in [5.74, 6) is -4.66. The van der Waals surface area contributed by atoms with E-state index in [0.29, 0.717) is 30.1 Å². The molecule has 15 heteroatoms. The first-order valence-electron chi connectivity index (χ1n) is 15.3. The second kappa shape index (κ2) is 15.7. The molecule has 4 atom stereocenters. The molecule has 2 aliphatic rings. The van der Waals surface area contributed by atoms with E-state index in [4.69, 9.17) is 13.9 Å². The summed E-state index contributed by atoms with van der Waals surface area (Å²) in [4.78, 5) is 56.8. The van der Waals surface area contributed by atoms with E-state index in [-0.39, 0.29) is 48.2 Å². The van der Waals surface area contributed by atoms with Gasteiger partial charge in [0.25, 0.3) is 5.91 Å². The molecule has 0 aliphatic carbocycles. The average Bonchev–Trinajstić information content (AvgIpc) is 3.63. The van der Waals surface area contributed by atoms with Crippen molar-refractivity contribution in [2.24, 2.45) is 10.9 Å². The van der Waals surface area contributed by atoms with Crippen LogP contribution in [0.5, 0.6) is 0 Å². The number of ether oxygens (including phenoxy) is 2. The van der Waals surface area contributed by atoms with Crippen molar-refractivity contribution in [3.05, 3.63) is 89.4 Å². The van der Waals surface area contributed by atoms with Gasteiger partial charge in [0.05, 0.1) is 31.7 Å². The molecule has 3 aromatic rings. The van der Waals surface area contributed by atoms with E-state index in [1.807, 2.05) is 24.3 Å². The highest BCUT2D eigenvalue weighted by Crippen LogP contribution is 2.36. The van der Waals surface area contributed by atoms with Crippen molar-refractivity contribution in [1.29, 1.82) is 0 Å². The number of hydrogen-bond donors (Lipinski definition) is 4. The van der Waals surface area contributed by atoms with Gasteiger partial charge in [0, 0.05) is 38.0 Å². The predicted octanol–water partition coefficient (Wildman–Crippen LogP) is 3.96. The molecule has 1 saturated heterocycles. The molecule has 0 saturated carbocycles. The number of esters is 1. The number of imide groups is 1. The number of methoxy groups -OCH3 is 2. The van der Waals surface area contributed by atoms with Crippen molar-refractivity contribution in [3.63, 3.8) is 0 Å². The van der Waals surface area contributed by atoms with Gasteiger partial charge in [0.2, 0.25) is 0 Å². The van der Waals surface area contributed by atoms with E-state index in [2.05, 4.69) is 26.3 Å². The maximum Gasteiger partial charge on any atom is 0.352 e. The first kappa shape index (κ1) is 34.3. The van der Waals surface area contributed by atoms with E-state index >= 15 is 0 Å². The summed E-state index contributed by atoms with van der Waals surface area (Å²) in [6.45, 7) is 0.888. The molecule has 5 amide bonds. The zero-order valence-corrected chi connectivity index (χ0v) is 26.3. The van der Waals surface area contributed by atoms with Crippen LogP contribution in [-0.4, -0.2) is 81.1 Å². The molecule has 3 unspecified atom stereocenters. The molecule has 4 N–H and O–H groups in total. The van der Waals surface area contributed by atoms with Crippen LogP contribution >= 0.6 is 0 Å². The van der Waals surface area contributed by atoms with Gasteiger partial charge >= 0.3 is 18.0 Å². The molecule has 3 heterocycles. The second-order valence-electron chi connectivity index (χ2n) is 11.2. The monoisotopic (exact) mass is 666 g/mol. The van der Waals surface area contributed by atoms with Crippen molar-refractivity contribution in [3.8, 4) is 0 Å². The number of nitrogens with one attached hydrogen (secondary N) is 4. The molecule has 13 nitrogen and oxygen atoms in total. The fourth-order valence-corrected chi connectivity index (χ4v) is 5.99. The molecule has 1 fully saturated rings. The van der Waals surface area contributed by atoms with Gasteiger partial charge in [-0.2, -0.15) is 4.99 Å². The molecule has 5 rings (SSSR count). The number of para-hydroxylation sites is 1. The number of hydrogen-bond acceptors (Lipinski definition) is 9. The van der Waals surface area contributed by atoms with Crippen LogP contribution in [0.2, 0.25) is 0 Å². The number of aliphatic imine (C=N–C) groups is 1. The summed E-state index contributed by atoms with van der Waals surface area (Å²) in [7, 11) is 2.46. The van der Waals surface area contributed by atoms with Crippen LogP contribution in [0.3, 0.4) is 0 Å². The van der Waals surface area contributed by atoms with E-state index in [1.165, 1.54) is 19.4 Å². The molecule has 2 aromatic carbocycles. The highest BCUT2D eigenvalue weighted by atomic mass is 19.2. The van der Waals surface area contributed by atoms with Crippen molar-refractivity contribution in [2.75, 3.05) is 45.8 Å². The maximum absolute atomic E-state index is 14.3. The minimum Gasteiger partial charge on any atom is -0.468 e. The number of nitrogens with zero attached hydrogens (tertiary/aromatic N) is 2. The van der Waals surface area contributed by atoms with Crippen LogP contribution in [0, 0.1) is 17.6 Å². The lowest BCUT2D eigenvalue weighted by Crippen LogP contribution is -2.54. The SMILES string of the molecule is COCC1=NC(=O)N(C(=O)NCCNC2CCNC(c3ccccc3NC(=O)c3ccco3)C2)[C@@H](c2ccc(F)c(F)c2)C1C(=O)OC. The van der Waals surface area contributed by atoms with Gasteiger partial charge in [0.1, 0.15) is 5.92 Å². The summed E-state index contributed by atoms with van der Waals surface area (Å²) in [6, 6.07) is 10.3. The van der Waals surface area contributed by atoms with Crippen LogP contribution in [0.15, 0.2) is 70.3 Å². The van der Waals surface area contributed by atoms with E-state index in [9.17, 15) is 28.0 Å². The predicted molar refractivity (Wildman–Crippen MR) is 169 cm³/mol. The fourth-order valence-electron chi connectivity index (χ4n) is 5.99. The minimum atomic E-state index is -1.38. The maximum atomic E-state index is 14.3. The number of carbonyl (C=O) groups excluding carboxylic acids is 4. The number of furan rings is 1. The van der Waals surface area contributed by atoms with Gasteiger partial charge in [-0.25, -0.2) is 23.3 Å². The van der Waals surface area contributed by atoms with Gasteiger partial charge in [-0.15, -0.1) is 0 Å². The Labute approximate surface area is 275 Å². The molecule has 1 aromatic heterocycles. The normalized spacial score (nSPS) is 21.0. The molecule has 0 radical (unpaired) electrons. The smallest absolute Gasteiger partial charge is 0.352 e. The topological polar surface area (TPSA) is 164 Å². The Morgan fingerprint density at radius 1 is 1.06 bits per heavy atom. The Balaban J connectivity index is 1.23. The van der Waals surface area contributed by atoms with E-state index in [1.54, 1.807) is 12.1 Å². The summed E-state index contributed by atoms with van der Waals surface area (Å²) in [5, 5.41) is 12.5. The number of rotatable bonds is 11. The summed E-state index contributed by atoms with van der Waals surface area (Å²) >= 11 is 0. The van der Waals surface area contributed by atoms with Crippen LogP contribution in [0.25, 0.3) is 0 Å². The van der Waals surface area contributed by atoms with Crippen LogP contribution < -0.4 is 21.3 Å². The highest BCUT2D eigenvalue weighted by molar-refractivity contribution is 6.12. The largest absolute Gasteiger partial charge is 0.468 e. The zero-order valence-electron chi connectivity index (χ0n) is 26.3. The quantitative estimate of drug-likeness (QED) is 0.175. The number of amides is 5. The van der Waals surface area contributed by atoms with Crippen LogP contribution in [0.1, 0.15) is 46.6 Å². The number of benzene rings is 2. The Kier molecular flexibility index (Phi) is 11.3. The Morgan fingerprint density at radius 2 is 1.88 bits per heavy atom.